The van der Waals surface area contributed by atoms with Gasteiger partial charge in [0.05, 0.1) is 12.6 Å². The monoisotopic (exact) mass is 276 g/mol. The number of ether oxygens (including phenoxy) is 1. The lowest BCUT2D eigenvalue weighted by atomic mass is 10.2. The van der Waals surface area contributed by atoms with Crippen LogP contribution in [0, 0.1) is 5.92 Å². The van der Waals surface area contributed by atoms with Crippen LogP contribution in [0.25, 0.3) is 0 Å². The van der Waals surface area contributed by atoms with Crippen LogP contribution in [0.15, 0.2) is 24.3 Å². The van der Waals surface area contributed by atoms with Crippen molar-refractivity contribution in [2.45, 2.75) is 39.3 Å². The number of hydrogen-bond acceptors (Lipinski definition) is 3. The Labute approximate surface area is 120 Å². The summed E-state index contributed by atoms with van der Waals surface area (Å²) in [4.78, 5) is 11.9. The summed E-state index contributed by atoms with van der Waals surface area (Å²) in [7, 11) is 0. The fraction of sp³-hybridized carbons (Fsp3) is 0.562. The van der Waals surface area contributed by atoms with Gasteiger partial charge in [0.25, 0.3) is 0 Å². The van der Waals surface area contributed by atoms with E-state index in [1.807, 2.05) is 24.3 Å². The Kier molecular flexibility index (Phi) is 5.41. The van der Waals surface area contributed by atoms with Gasteiger partial charge in [0.15, 0.2) is 0 Å². The largest absolute Gasteiger partial charge is 0.493 e. The van der Waals surface area contributed by atoms with Crippen LogP contribution in [0.4, 0.5) is 0 Å². The zero-order valence-corrected chi connectivity index (χ0v) is 12.3. The molecule has 4 nitrogen and oxygen atoms in total. The number of carbonyl (C=O) groups is 1. The Bertz CT molecular complexity index is 440. The summed E-state index contributed by atoms with van der Waals surface area (Å²) in [5.74, 6) is 1.47. The van der Waals surface area contributed by atoms with E-state index in [4.69, 9.17) is 4.74 Å². The highest BCUT2D eigenvalue weighted by Gasteiger charge is 2.21. The molecule has 1 fully saturated rings. The molecule has 2 N–H and O–H groups in total. The lowest BCUT2D eigenvalue weighted by Crippen LogP contribution is -2.39. The molecule has 2 rings (SSSR count). The van der Waals surface area contributed by atoms with Gasteiger partial charge in [-0.1, -0.05) is 26.0 Å². The van der Waals surface area contributed by atoms with Crippen LogP contribution in [0.5, 0.6) is 5.75 Å². The quantitative estimate of drug-likeness (QED) is 0.836. The van der Waals surface area contributed by atoms with E-state index in [0.717, 1.165) is 30.7 Å². The molecule has 0 saturated carbocycles. The molecule has 1 aliphatic rings. The second kappa shape index (κ2) is 7.29. The molecule has 4 heteroatoms. The summed E-state index contributed by atoms with van der Waals surface area (Å²) >= 11 is 0. The molecule has 1 atom stereocenters. The molecule has 1 unspecified atom stereocenters. The van der Waals surface area contributed by atoms with Gasteiger partial charge >= 0.3 is 0 Å². The van der Waals surface area contributed by atoms with Crippen molar-refractivity contribution in [3.63, 3.8) is 0 Å². The number of carbonyl (C=O) groups excluding carboxylic acids is 1. The molecule has 110 valence electrons. The first-order valence-corrected chi connectivity index (χ1v) is 7.38. The highest BCUT2D eigenvalue weighted by molar-refractivity contribution is 5.81. The molecule has 0 radical (unpaired) electrons. The second-order valence-electron chi connectivity index (χ2n) is 5.72. The highest BCUT2D eigenvalue weighted by atomic mass is 16.5. The van der Waals surface area contributed by atoms with Crippen molar-refractivity contribution in [1.29, 1.82) is 0 Å². The molecule has 0 spiro atoms. The molecular formula is C16H24N2O2. The first kappa shape index (κ1) is 14.9. The maximum absolute atomic E-state index is 11.9. The number of rotatable bonds is 6. The zero-order chi connectivity index (χ0) is 14.4. The first-order valence-electron chi connectivity index (χ1n) is 7.38. The zero-order valence-electron chi connectivity index (χ0n) is 12.3. The molecular weight excluding hydrogens is 252 g/mol. The molecule has 20 heavy (non-hydrogen) atoms. The third-order valence-electron chi connectivity index (χ3n) is 3.33. The minimum absolute atomic E-state index is 0.0182. The van der Waals surface area contributed by atoms with Gasteiger partial charge in [-0.15, -0.1) is 0 Å². The number of benzene rings is 1. The van der Waals surface area contributed by atoms with Crippen molar-refractivity contribution in [3.05, 3.63) is 29.8 Å². The molecule has 0 aromatic heterocycles. The van der Waals surface area contributed by atoms with Crippen molar-refractivity contribution in [1.82, 2.24) is 10.6 Å². The van der Waals surface area contributed by atoms with Crippen LogP contribution < -0.4 is 15.4 Å². The predicted molar refractivity (Wildman–Crippen MR) is 79.6 cm³/mol. The average Bonchev–Trinajstić information content (AvgIpc) is 2.97. The van der Waals surface area contributed by atoms with Gasteiger partial charge in [-0.2, -0.15) is 0 Å². The molecule has 1 amide bonds. The van der Waals surface area contributed by atoms with Crippen LogP contribution in [-0.2, 0) is 11.3 Å². The molecule has 1 saturated heterocycles. The first-order chi connectivity index (χ1) is 9.65. The van der Waals surface area contributed by atoms with E-state index in [9.17, 15) is 4.79 Å². The standard InChI is InChI=1S/C16H24N2O2/c1-12(2)11-20-14-6-3-5-13(9-14)10-18-16(19)15-7-4-8-17-15/h3,5-6,9,12,15,17H,4,7-8,10-11H2,1-2H3,(H,18,19). The van der Waals surface area contributed by atoms with E-state index in [1.165, 1.54) is 0 Å². The Balaban J connectivity index is 1.82. The summed E-state index contributed by atoms with van der Waals surface area (Å²) in [5.41, 5.74) is 1.07. The molecule has 1 aliphatic heterocycles. The lowest BCUT2D eigenvalue weighted by molar-refractivity contribution is -0.122. The maximum Gasteiger partial charge on any atom is 0.237 e. The van der Waals surface area contributed by atoms with Crippen molar-refractivity contribution >= 4 is 5.91 Å². The van der Waals surface area contributed by atoms with Gasteiger partial charge in [-0.25, -0.2) is 0 Å². The van der Waals surface area contributed by atoms with Crippen molar-refractivity contribution in [2.75, 3.05) is 13.2 Å². The van der Waals surface area contributed by atoms with E-state index in [0.29, 0.717) is 19.1 Å². The molecule has 1 heterocycles. The molecule has 1 aromatic carbocycles. The van der Waals surface area contributed by atoms with Gasteiger partial charge in [-0.3, -0.25) is 4.79 Å². The van der Waals surface area contributed by atoms with E-state index < -0.39 is 0 Å². The fourth-order valence-corrected chi connectivity index (χ4v) is 2.23. The van der Waals surface area contributed by atoms with Crippen molar-refractivity contribution in [2.24, 2.45) is 5.92 Å². The van der Waals surface area contributed by atoms with Crippen LogP contribution in [0.1, 0.15) is 32.3 Å². The number of hydrogen-bond donors (Lipinski definition) is 2. The van der Waals surface area contributed by atoms with Gasteiger partial charge in [-0.05, 0) is 43.0 Å². The maximum atomic E-state index is 11.9. The molecule has 0 aliphatic carbocycles. The number of amides is 1. The van der Waals surface area contributed by atoms with Crippen LogP contribution >= 0.6 is 0 Å². The predicted octanol–water partition coefficient (Wildman–Crippen LogP) is 2.09. The van der Waals surface area contributed by atoms with Crippen molar-refractivity contribution in [3.8, 4) is 5.75 Å². The summed E-state index contributed by atoms with van der Waals surface area (Å²) in [5, 5.41) is 6.18. The molecule has 0 bridgehead atoms. The summed E-state index contributed by atoms with van der Waals surface area (Å²) in [6.07, 6.45) is 2.01. The van der Waals surface area contributed by atoms with Crippen LogP contribution in [-0.4, -0.2) is 25.1 Å². The SMILES string of the molecule is CC(C)COc1cccc(CNC(=O)C2CCCN2)c1. The lowest BCUT2D eigenvalue weighted by Gasteiger charge is -2.12. The van der Waals surface area contributed by atoms with Gasteiger partial charge in [0.2, 0.25) is 5.91 Å². The van der Waals surface area contributed by atoms with Gasteiger partial charge in [0.1, 0.15) is 5.75 Å². The highest BCUT2D eigenvalue weighted by Crippen LogP contribution is 2.14. The van der Waals surface area contributed by atoms with Gasteiger partial charge in [0, 0.05) is 6.54 Å². The smallest absolute Gasteiger partial charge is 0.237 e. The third-order valence-corrected chi connectivity index (χ3v) is 3.33. The number of nitrogens with one attached hydrogen (secondary N) is 2. The summed E-state index contributed by atoms with van der Waals surface area (Å²) in [6.45, 7) is 6.45. The Morgan fingerprint density at radius 3 is 3.05 bits per heavy atom. The normalized spacial score (nSPS) is 18.2. The Morgan fingerprint density at radius 1 is 1.50 bits per heavy atom. The van der Waals surface area contributed by atoms with E-state index in [1.54, 1.807) is 0 Å². The minimum Gasteiger partial charge on any atom is -0.493 e. The fourth-order valence-electron chi connectivity index (χ4n) is 2.23. The van der Waals surface area contributed by atoms with E-state index in [-0.39, 0.29) is 11.9 Å². The Morgan fingerprint density at radius 2 is 2.35 bits per heavy atom. The van der Waals surface area contributed by atoms with Crippen LogP contribution in [0.2, 0.25) is 0 Å². The van der Waals surface area contributed by atoms with E-state index in [2.05, 4.69) is 24.5 Å². The second-order valence-corrected chi connectivity index (χ2v) is 5.72. The van der Waals surface area contributed by atoms with Gasteiger partial charge < -0.3 is 15.4 Å². The van der Waals surface area contributed by atoms with Crippen LogP contribution in [0.3, 0.4) is 0 Å². The summed E-state index contributed by atoms with van der Waals surface area (Å²) in [6, 6.07) is 7.89. The minimum atomic E-state index is -0.0182. The topological polar surface area (TPSA) is 50.4 Å². The Hall–Kier alpha value is -1.55. The van der Waals surface area contributed by atoms with Crippen molar-refractivity contribution < 1.29 is 9.53 Å². The molecule has 1 aromatic rings. The third kappa shape index (κ3) is 4.53. The van der Waals surface area contributed by atoms with E-state index >= 15 is 0 Å². The average molecular weight is 276 g/mol. The summed E-state index contributed by atoms with van der Waals surface area (Å²) < 4.78 is 5.69.